The Morgan fingerprint density at radius 3 is 2.19 bits per heavy atom. The van der Waals surface area contributed by atoms with Crippen molar-refractivity contribution in [2.45, 2.75) is 38.8 Å². The number of hydrogen-bond donors (Lipinski definition) is 4. The molecule has 0 rings (SSSR count). The zero-order chi connectivity index (χ0) is 16.6. The number of halogens is 1. The fourth-order valence-electron chi connectivity index (χ4n) is 1.04. The highest BCUT2D eigenvalue weighted by Crippen LogP contribution is 2.07. The molecule has 0 bridgehead atoms. The fraction of sp³-hybridized carbons (Fsp3) is 0.636. The molecule has 0 unspecified atom stereocenters. The molecule has 9 nitrogen and oxygen atoms in total. The van der Waals surface area contributed by atoms with E-state index in [1.54, 1.807) is 20.8 Å². The van der Waals surface area contributed by atoms with Crippen LogP contribution in [0.5, 0.6) is 0 Å². The quantitative estimate of drug-likeness (QED) is 0.205. The number of amides is 4. The van der Waals surface area contributed by atoms with E-state index in [-0.39, 0.29) is 4.43 Å². The van der Waals surface area contributed by atoms with Gasteiger partial charge in [0.15, 0.2) is 0 Å². The molecule has 0 heterocycles. The molecule has 0 spiro atoms. The van der Waals surface area contributed by atoms with Crippen LogP contribution >= 0.6 is 22.6 Å². The average molecular weight is 414 g/mol. The lowest BCUT2D eigenvalue weighted by atomic mass is 10.2. The van der Waals surface area contributed by atoms with E-state index in [1.807, 2.05) is 28.0 Å². The zero-order valence-electron chi connectivity index (χ0n) is 12.0. The molecule has 0 aromatic rings. The van der Waals surface area contributed by atoms with Gasteiger partial charge in [-0.15, -0.1) is 0 Å². The van der Waals surface area contributed by atoms with Gasteiger partial charge in [0.1, 0.15) is 18.1 Å². The first-order chi connectivity index (χ1) is 9.55. The monoisotopic (exact) mass is 414 g/mol. The Hall–Kier alpha value is -1.59. The van der Waals surface area contributed by atoms with Crippen molar-refractivity contribution in [2.75, 3.05) is 4.43 Å². The van der Waals surface area contributed by atoms with Crippen molar-refractivity contribution in [3.8, 4) is 0 Å². The van der Waals surface area contributed by atoms with Crippen molar-refractivity contribution in [1.82, 2.24) is 16.2 Å². The van der Waals surface area contributed by atoms with Gasteiger partial charge in [-0.2, -0.15) is 0 Å². The molecule has 0 aliphatic rings. The molecule has 0 radical (unpaired) electrons. The molecule has 5 N–H and O–H groups in total. The number of alkyl halides is 1. The lowest BCUT2D eigenvalue weighted by Gasteiger charge is -2.22. The summed E-state index contributed by atoms with van der Waals surface area (Å²) in [6.07, 6.45) is -1.29. The first kappa shape index (κ1) is 19.4. The molecule has 0 aromatic heterocycles. The molecule has 4 amide bonds. The van der Waals surface area contributed by atoms with Gasteiger partial charge in [0, 0.05) is 4.43 Å². The number of nitrogens with two attached hydrogens (primary N) is 1. The smallest absolute Gasteiger partial charge is 0.408 e. The third-order valence-electron chi connectivity index (χ3n) is 1.82. The van der Waals surface area contributed by atoms with Gasteiger partial charge in [-0.25, -0.2) is 4.79 Å². The average Bonchev–Trinajstić information content (AvgIpc) is 2.29. The number of primary amides is 1. The lowest BCUT2D eigenvalue weighted by molar-refractivity contribution is -0.132. The first-order valence-electron chi connectivity index (χ1n) is 5.97. The van der Waals surface area contributed by atoms with Crippen LogP contribution in [0.25, 0.3) is 0 Å². The van der Waals surface area contributed by atoms with Crippen LogP contribution in [0.15, 0.2) is 0 Å². The van der Waals surface area contributed by atoms with Crippen LogP contribution in [0.3, 0.4) is 0 Å². The Balaban J connectivity index is 4.33. The maximum atomic E-state index is 11.7. The zero-order valence-corrected chi connectivity index (χ0v) is 14.1. The summed E-state index contributed by atoms with van der Waals surface area (Å²) in [5.74, 6) is -2.22. The number of nitrogens with one attached hydrogen (secondary N) is 3. The number of ether oxygens (including phenoxy) is 1. The van der Waals surface area contributed by atoms with Gasteiger partial charge in [0.2, 0.25) is 11.8 Å². The molecule has 10 heteroatoms. The Labute approximate surface area is 135 Å². The Kier molecular flexibility index (Phi) is 7.99. The maximum Gasteiger partial charge on any atom is 0.408 e. The van der Waals surface area contributed by atoms with Crippen molar-refractivity contribution in [3.63, 3.8) is 0 Å². The predicted octanol–water partition coefficient (Wildman–Crippen LogP) is -0.662. The highest BCUT2D eigenvalue weighted by molar-refractivity contribution is 14.1. The lowest BCUT2D eigenvalue weighted by Crippen LogP contribution is -2.54. The van der Waals surface area contributed by atoms with Gasteiger partial charge >= 0.3 is 6.09 Å². The third-order valence-corrected chi connectivity index (χ3v) is 2.70. The van der Waals surface area contributed by atoms with E-state index in [2.05, 4.69) is 10.7 Å². The standard InChI is InChI=1S/C11H19IN4O5/c1-11(2,3)21-10(20)14-6(5-12)9(19)16-15-8(18)4-7(13)17/h6H,4-5H2,1-3H3,(H2,13,17)(H,14,20)(H,15,18)(H,16,19)/t6-/m0/s1. The summed E-state index contributed by atoms with van der Waals surface area (Å²) in [6, 6.07) is -0.894. The summed E-state index contributed by atoms with van der Waals surface area (Å²) < 4.78 is 5.27. The molecule has 120 valence electrons. The van der Waals surface area contributed by atoms with E-state index in [1.165, 1.54) is 0 Å². The van der Waals surface area contributed by atoms with E-state index >= 15 is 0 Å². The van der Waals surface area contributed by atoms with Crippen LogP contribution in [-0.2, 0) is 19.1 Å². The summed E-state index contributed by atoms with van der Waals surface area (Å²) in [5.41, 5.74) is 8.24. The minimum Gasteiger partial charge on any atom is -0.444 e. The summed E-state index contributed by atoms with van der Waals surface area (Å²) in [7, 11) is 0. The molecule has 0 saturated heterocycles. The van der Waals surface area contributed by atoms with Gasteiger partial charge < -0.3 is 15.8 Å². The summed E-state index contributed by atoms with van der Waals surface area (Å²) in [5, 5.41) is 2.36. The molecule has 1 atom stereocenters. The predicted molar refractivity (Wildman–Crippen MR) is 82.1 cm³/mol. The van der Waals surface area contributed by atoms with Crippen molar-refractivity contribution in [3.05, 3.63) is 0 Å². The first-order valence-corrected chi connectivity index (χ1v) is 7.50. The largest absolute Gasteiger partial charge is 0.444 e. The van der Waals surface area contributed by atoms with Crippen LogP contribution in [-0.4, -0.2) is 39.9 Å². The topological polar surface area (TPSA) is 140 Å². The Morgan fingerprint density at radius 1 is 1.19 bits per heavy atom. The molecule has 0 aromatic carbocycles. The molecule has 0 fully saturated rings. The van der Waals surface area contributed by atoms with Crippen molar-refractivity contribution >= 4 is 46.4 Å². The number of alkyl carbamates (subject to hydrolysis) is 1. The van der Waals surface area contributed by atoms with Crippen LogP contribution in [0.2, 0.25) is 0 Å². The Bertz CT molecular complexity index is 421. The maximum absolute atomic E-state index is 11.7. The Morgan fingerprint density at radius 2 is 1.76 bits per heavy atom. The highest BCUT2D eigenvalue weighted by atomic mass is 127. The van der Waals surface area contributed by atoms with E-state index in [0.717, 1.165) is 0 Å². The summed E-state index contributed by atoms with van der Waals surface area (Å²) in [4.78, 5) is 44.9. The van der Waals surface area contributed by atoms with Crippen molar-refractivity contribution in [1.29, 1.82) is 0 Å². The van der Waals surface area contributed by atoms with Gasteiger partial charge in [-0.1, -0.05) is 22.6 Å². The second-order valence-corrected chi connectivity index (χ2v) is 5.91. The number of hydrogen-bond acceptors (Lipinski definition) is 5. The third kappa shape index (κ3) is 9.87. The van der Waals surface area contributed by atoms with Crippen LogP contribution in [0.1, 0.15) is 27.2 Å². The van der Waals surface area contributed by atoms with Gasteiger partial charge in [0.25, 0.3) is 5.91 Å². The van der Waals surface area contributed by atoms with Crippen molar-refractivity contribution < 1.29 is 23.9 Å². The summed E-state index contributed by atoms with van der Waals surface area (Å²) >= 11 is 1.89. The second-order valence-electron chi connectivity index (χ2n) is 5.03. The number of rotatable bonds is 5. The SMILES string of the molecule is CC(C)(C)OC(=O)N[C@@H](CI)C(=O)NNC(=O)CC(N)=O. The van der Waals surface area contributed by atoms with E-state index in [4.69, 9.17) is 10.5 Å². The van der Waals surface area contributed by atoms with Crippen LogP contribution < -0.4 is 21.9 Å². The van der Waals surface area contributed by atoms with Crippen LogP contribution in [0.4, 0.5) is 4.79 Å². The van der Waals surface area contributed by atoms with Gasteiger partial charge in [0.05, 0.1) is 0 Å². The van der Waals surface area contributed by atoms with E-state index in [9.17, 15) is 19.2 Å². The summed E-state index contributed by atoms with van der Waals surface area (Å²) in [6.45, 7) is 5.07. The van der Waals surface area contributed by atoms with Gasteiger partial charge in [-0.05, 0) is 20.8 Å². The molecule has 0 aliphatic heterocycles. The minimum atomic E-state index is -0.894. The number of carbonyl (C=O) groups excluding carboxylic acids is 4. The van der Waals surface area contributed by atoms with Gasteiger partial charge in [-0.3, -0.25) is 25.2 Å². The van der Waals surface area contributed by atoms with Crippen LogP contribution in [0, 0.1) is 0 Å². The molecular formula is C11H19IN4O5. The number of carbonyl (C=O) groups is 4. The number of hydrazine groups is 1. The molecule has 21 heavy (non-hydrogen) atoms. The second kappa shape index (κ2) is 8.64. The molecule has 0 aliphatic carbocycles. The highest BCUT2D eigenvalue weighted by Gasteiger charge is 2.23. The van der Waals surface area contributed by atoms with E-state index < -0.39 is 41.9 Å². The fourth-order valence-corrected chi connectivity index (χ4v) is 1.67. The van der Waals surface area contributed by atoms with Crippen molar-refractivity contribution in [2.24, 2.45) is 5.73 Å². The van der Waals surface area contributed by atoms with E-state index in [0.29, 0.717) is 0 Å². The normalized spacial score (nSPS) is 12.0. The molecular weight excluding hydrogens is 395 g/mol. The minimum absolute atomic E-state index is 0.258. The molecule has 0 saturated carbocycles.